The average Bonchev–Trinajstić information content (AvgIpc) is 2.78. The number of aromatic nitrogens is 1. The Morgan fingerprint density at radius 1 is 1.10 bits per heavy atom. The number of nitrogens with zero attached hydrogens (tertiary/aromatic N) is 4. The van der Waals surface area contributed by atoms with Gasteiger partial charge in [0.15, 0.2) is 0 Å². The number of rotatable bonds is 10. The van der Waals surface area contributed by atoms with Crippen molar-refractivity contribution in [3.05, 3.63) is 59.3 Å². The Bertz CT molecular complexity index is 810. The second kappa shape index (κ2) is 11.7. The van der Waals surface area contributed by atoms with Gasteiger partial charge in [0.25, 0.3) is 0 Å². The second-order valence-corrected chi connectivity index (χ2v) is 8.13. The fourth-order valence-corrected chi connectivity index (χ4v) is 4.18. The number of ether oxygens (including phenoxy) is 1. The summed E-state index contributed by atoms with van der Waals surface area (Å²) < 4.78 is 5.72. The molecule has 1 aromatic carbocycles. The van der Waals surface area contributed by atoms with Gasteiger partial charge in [0.1, 0.15) is 6.61 Å². The number of benzene rings is 1. The van der Waals surface area contributed by atoms with Gasteiger partial charge in [-0.2, -0.15) is 5.26 Å². The van der Waals surface area contributed by atoms with Crippen LogP contribution in [0.25, 0.3) is 0 Å². The van der Waals surface area contributed by atoms with Gasteiger partial charge in [-0.05, 0) is 61.9 Å². The van der Waals surface area contributed by atoms with Crippen molar-refractivity contribution in [2.45, 2.75) is 39.0 Å². The van der Waals surface area contributed by atoms with E-state index in [1.54, 1.807) is 6.20 Å². The fraction of sp³-hybridized carbons (Fsp3) is 0.520. The molecular formula is C25H34N4O. The van der Waals surface area contributed by atoms with Crippen LogP contribution in [0.4, 0.5) is 0 Å². The number of piperazine rings is 1. The monoisotopic (exact) mass is 406 g/mol. The van der Waals surface area contributed by atoms with Crippen LogP contribution in [0.1, 0.15) is 48.8 Å². The van der Waals surface area contributed by atoms with Gasteiger partial charge in [0, 0.05) is 45.0 Å². The maximum atomic E-state index is 9.14. The van der Waals surface area contributed by atoms with Gasteiger partial charge in [-0.15, -0.1) is 0 Å². The van der Waals surface area contributed by atoms with E-state index in [-0.39, 0.29) is 0 Å². The van der Waals surface area contributed by atoms with Crippen molar-refractivity contribution in [2.24, 2.45) is 0 Å². The van der Waals surface area contributed by atoms with Crippen molar-refractivity contribution in [3.8, 4) is 11.9 Å². The van der Waals surface area contributed by atoms with Crippen molar-refractivity contribution >= 4 is 0 Å². The smallest absolute Gasteiger partial charge is 0.213 e. The Kier molecular flexibility index (Phi) is 8.67. The lowest BCUT2D eigenvalue weighted by atomic mass is 9.90. The van der Waals surface area contributed by atoms with Crippen LogP contribution >= 0.6 is 0 Å². The van der Waals surface area contributed by atoms with Crippen molar-refractivity contribution in [1.29, 1.82) is 5.26 Å². The Labute approximate surface area is 181 Å². The summed E-state index contributed by atoms with van der Waals surface area (Å²) in [4.78, 5) is 9.27. The van der Waals surface area contributed by atoms with Gasteiger partial charge in [0.2, 0.25) is 5.88 Å². The molecule has 1 atom stereocenters. The molecule has 0 saturated carbocycles. The van der Waals surface area contributed by atoms with Crippen molar-refractivity contribution in [2.75, 3.05) is 45.9 Å². The number of hydrogen-bond donors (Lipinski definition) is 0. The van der Waals surface area contributed by atoms with E-state index in [9.17, 15) is 0 Å². The molecule has 0 aliphatic carbocycles. The first-order valence-electron chi connectivity index (χ1n) is 11.2. The molecule has 30 heavy (non-hydrogen) atoms. The van der Waals surface area contributed by atoms with Crippen LogP contribution in [0.15, 0.2) is 42.6 Å². The Morgan fingerprint density at radius 3 is 2.50 bits per heavy atom. The first-order valence-corrected chi connectivity index (χ1v) is 11.2. The van der Waals surface area contributed by atoms with Gasteiger partial charge in [0.05, 0.1) is 11.6 Å². The molecule has 5 heteroatoms. The molecule has 2 aromatic rings. The molecule has 1 aromatic heterocycles. The van der Waals surface area contributed by atoms with Crippen molar-refractivity contribution < 1.29 is 4.74 Å². The highest BCUT2D eigenvalue weighted by Gasteiger charge is 2.17. The molecule has 3 rings (SSSR count). The quantitative estimate of drug-likeness (QED) is 0.591. The molecule has 5 nitrogen and oxygen atoms in total. The lowest BCUT2D eigenvalue weighted by Gasteiger charge is -2.34. The van der Waals surface area contributed by atoms with E-state index >= 15 is 0 Å². The van der Waals surface area contributed by atoms with E-state index in [0.29, 0.717) is 18.4 Å². The highest BCUT2D eigenvalue weighted by Crippen LogP contribution is 2.26. The van der Waals surface area contributed by atoms with Gasteiger partial charge in [-0.3, -0.25) is 4.90 Å². The minimum atomic E-state index is 0.585. The van der Waals surface area contributed by atoms with Gasteiger partial charge >= 0.3 is 0 Å². The number of nitriles is 1. The zero-order valence-corrected chi connectivity index (χ0v) is 18.4. The average molecular weight is 407 g/mol. The molecule has 1 fully saturated rings. The van der Waals surface area contributed by atoms with E-state index in [2.05, 4.69) is 39.9 Å². The van der Waals surface area contributed by atoms with E-state index in [4.69, 9.17) is 10.00 Å². The third kappa shape index (κ3) is 6.55. The molecular weight excluding hydrogens is 372 g/mol. The van der Waals surface area contributed by atoms with E-state index < -0.39 is 0 Å². The lowest BCUT2D eigenvalue weighted by Crippen LogP contribution is -2.47. The largest absolute Gasteiger partial charge is 0.476 e. The Morgan fingerprint density at radius 2 is 1.87 bits per heavy atom. The second-order valence-electron chi connectivity index (χ2n) is 8.13. The topological polar surface area (TPSA) is 52.4 Å². The summed E-state index contributed by atoms with van der Waals surface area (Å²) in [6.07, 6.45) is 5.34. The van der Waals surface area contributed by atoms with E-state index in [1.807, 2.05) is 31.2 Å². The van der Waals surface area contributed by atoms with Crippen LogP contribution in [0.5, 0.6) is 5.88 Å². The minimum absolute atomic E-state index is 0.585. The summed E-state index contributed by atoms with van der Waals surface area (Å²) in [5, 5.41) is 9.14. The Balaban J connectivity index is 1.34. The van der Waals surface area contributed by atoms with Gasteiger partial charge < -0.3 is 9.64 Å². The predicted molar refractivity (Wildman–Crippen MR) is 121 cm³/mol. The molecule has 0 bridgehead atoms. The third-order valence-corrected chi connectivity index (χ3v) is 6.12. The summed E-state index contributed by atoms with van der Waals surface area (Å²) in [6, 6.07) is 14.4. The van der Waals surface area contributed by atoms with Crippen LogP contribution in [-0.4, -0.2) is 60.7 Å². The van der Waals surface area contributed by atoms with Crippen LogP contribution < -0.4 is 4.74 Å². The van der Waals surface area contributed by atoms with Crippen molar-refractivity contribution in [1.82, 2.24) is 14.8 Å². The maximum Gasteiger partial charge on any atom is 0.213 e. The third-order valence-electron chi connectivity index (χ3n) is 6.12. The predicted octanol–water partition coefficient (Wildman–Crippen LogP) is 4.23. The molecule has 0 N–H and O–H groups in total. The first-order chi connectivity index (χ1) is 14.7. The molecule has 0 radical (unpaired) electrons. The summed E-state index contributed by atoms with van der Waals surface area (Å²) in [5.74, 6) is 1.29. The normalized spacial score (nSPS) is 16.2. The fourth-order valence-electron chi connectivity index (χ4n) is 4.18. The molecule has 1 saturated heterocycles. The summed E-state index contributed by atoms with van der Waals surface area (Å²) in [7, 11) is 0. The molecule has 2 heterocycles. The van der Waals surface area contributed by atoms with Crippen LogP contribution in [0.3, 0.4) is 0 Å². The molecule has 1 unspecified atom stereocenters. The number of aryl methyl sites for hydroxylation is 1. The van der Waals surface area contributed by atoms with Crippen molar-refractivity contribution in [3.63, 3.8) is 0 Å². The zero-order chi connectivity index (χ0) is 21.2. The molecule has 0 spiro atoms. The summed E-state index contributed by atoms with van der Waals surface area (Å²) >= 11 is 0. The van der Waals surface area contributed by atoms with Gasteiger partial charge in [-0.25, -0.2) is 4.98 Å². The number of pyridine rings is 1. The SMILES string of the molecule is CCC(CCCN1CCN(CCOc2ccccn2)CC1)c1ccc(C#N)c(C)c1. The standard InChI is InChI=1S/C25H34N4O/c1-3-22(23-9-10-24(20-26)21(2)19-23)7-6-12-28-13-15-29(16-14-28)17-18-30-25-8-4-5-11-27-25/h4-5,8-11,19,22H,3,6-7,12-18H2,1-2H3. The molecule has 1 aliphatic rings. The first kappa shape index (κ1) is 22.3. The lowest BCUT2D eigenvalue weighted by molar-refractivity contribution is 0.114. The molecule has 1 aliphatic heterocycles. The molecule has 160 valence electrons. The van der Waals surface area contributed by atoms with E-state index in [0.717, 1.165) is 50.3 Å². The summed E-state index contributed by atoms with van der Waals surface area (Å²) in [5.41, 5.74) is 3.26. The van der Waals surface area contributed by atoms with Crippen LogP contribution in [0, 0.1) is 18.3 Å². The minimum Gasteiger partial charge on any atom is -0.476 e. The summed E-state index contributed by atoms with van der Waals surface area (Å²) in [6.45, 7) is 11.6. The number of hydrogen-bond acceptors (Lipinski definition) is 5. The maximum absolute atomic E-state index is 9.14. The zero-order valence-electron chi connectivity index (χ0n) is 18.4. The highest BCUT2D eigenvalue weighted by atomic mass is 16.5. The Hall–Kier alpha value is -2.42. The van der Waals surface area contributed by atoms with Crippen LogP contribution in [0.2, 0.25) is 0 Å². The molecule has 0 amide bonds. The highest BCUT2D eigenvalue weighted by molar-refractivity contribution is 5.40. The van der Waals surface area contributed by atoms with E-state index in [1.165, 1.54) is 24.9 Å². The van der Waals surface area contributed by atoms with Gasteiger partial charge in [-0.1, -0.05) is 25.1 Å². The van der Waals surface area contributed by atoms with Crippen LogP contribution in [-0.2, 0) is 0 Å².